The zero-order valence-corrected chi connectivity index (χ0v) is 16.7. The maximum atomic E-state index is 3.06. The van der Waals surface area contributed by atoms with Gasteiger partial charge in [-0.3, -0.25) is 0 Å². The Labute approximate surface area is 112 Å². The van der Waals surface area contributed by atoms with Crippen molar-refractivity contribution in [3.63, 3.8) is 0 Å². The fourth-order valence-electron chi connectivity index (χ4n) is 1.49. The van der Waals surface area contributed by atoms with E-state index in [4.69, 9.17) is 0 Å². The van der Waals surface area contributed by atoms with Gasteiger partial charge in [0, 0.05) is 11.1 Å². The van der Waals surface area contributed by atoms with Crippen LogP contribution in [-0.2, 0) is 6.42 Å². The van der Waals surface area contributed by atoms with Gasteiger partial charge in [0.05, 0.1) is 8.93 Å². The maximum Gasteiger partial charge on any atom is 0.162 e. The lowest BCUT2D eigenvalue weighted by atomic mass is 10.1. The topological polar surface area (TPSA) is 0 Å². The minimum absolute atomic E-state index is 0.0154. The van der Waals surface area contributed by atoms with Crippen molar-refractivity contribution in [2.75, 3.05) is 0 Å². The Kier molecular flexibility index (Phi) is 9.35. The van der Waals surface area contributed by atoms with Crippen LogP contribution in [0, 0.1) is 0 Å². The van der Waals surface area contributed by atoms with Gasteiger partial charge in [-0.2, -0.15) is 0 Å². The van der Waals surface area contributed by atoms with Crippen molar-refractivity contribution in [1.82, 2.24) is 0 Å². The Morgan fingerprint density at radius 2 is 2.25 bits per heavy atom. The molecule has 0 saturated carbocycles. The molecule has 1 rings (SSSR count). The number of rotatable bonds is 6. The van der Waals surface area contributed by atoms with Gasteiger partial charge in [0.25, 0.3) is 0 Å². The Hall–Kier alpha value is 2.23. The highest BCUT2D eigenvalue weighted by atomic mass is 32.6. The molecule has 0 aliphatic carbocycles. The molecule has 1 aromatic rings. The first-order valence-corrected chi connectivity index (χ1v) is 16.7. The molecule has 0 bridgehead atoms. The van der Waals surface area contributed by atoms with Crippen molar-refractivity contribution in [2.24, 2.45) is 0 Å². The highest BCUT2D eigenvalue weighted by molar-refractivity contribution is 8.63. The summed E-state index contributed by atoms with van der Waals surface area (Å²) in [5.41, 5.74) is 1.65. The van der Waals surface area contributed by atoms with Gasteiger partial charge in [0.2, 0.25) is 0 Å². The summed E-state index contributed by atoms with van der Waals surface area (Å²) in [6.07, 6.45) is 5.34. The SMILES string of the molecule is CCCCCc1cp[p+](P)cc1P(P)PP. The maximum absolute atomic E-state index is 3.06. The van der Waals surface area contributed by atoms with Gasteiger partial charge in [-0.1, -0.05) is 27.7 Å². The van der Waals surface area contributed by atoms with Crippen molar-refractivity contribution in [1.29, 1.82) is 0 Å². The summed E-state index contributed by atoms with van der Waals surface area (Å²) in [4.78, 5) is 0. The molecule has 1 aromatic heterocycles. The smallest absolute Gasteiger partial charge is 0.109 e. The summed E-state index contributed by atoms with van der Waals surface area (Å²) in [6, 6.07) is 0. The van der Waals surface area contributed by atoms with E-state index < -0.39 is 0 Å². The van der Waals surface area contributed by atoms with Crippen LogP contribution >= 0.6 is 56.8 Å². The standard InChI is InChI=1S/C9H20P7/c1-2-3-4-5-8-6-13-15(11)7-9(8)16(12)14-10/h6-7,14H,2-5,10-12H2,1H3/q+1. The van der Waals surface area contributed by atoms with Crippen molar-refractivity contribution in [2.45, 2.75) is 32.6 Å². The largest absolute Gasteiger partial charge is 0.162 e. The molecule has 0 spiro atoms. The number of hydrogen-bond acceptors (Lipinski definition) is 0. The highest BCUT2D eigenvalue weighted by Crippen LogP contribution is 2.66. The van der Waals surface area contributed by atoms with Crippen LogP contribution in [0.4, 0.5) is 0 Å². The molecule has 0 fully saturated rings. The van der Waals surface area contributed by atoms with Gasteiger partial charge < -0.3 is 0 Å². The van der Waals surface area contributed by atoms with Crippen LogP contribution in [0.1, 0.15) is 31.7 Å². The van der Waals surface area contributed by atoms with Crippen LogP contribution in [0.2, 0.25) is 0 Å². The van der Waals surface area contributed by atoms with Gasteiger partial charge in [0.1, 0.15) is 5.80 Å². The molecule has 90 valence electrons. The fourth-order valence-corrected chi connectivity index (χ4v) is 10.9. The third-order valence-corrected chi connectivity index (χ3v) is 17.1. The molecular weight excluding hydrogens is 325 g/mol. The fraction of sp³-hybridized carbons (Fsp3) is 0.556. The van der Waals surface area contributed by atoms with Crippen molar-refractivity contribution >= 4 is 62.1 Å². The Bertz CT molecular complexity index is 328. The van der Waals surface area contributed by atoms with Gasteiger partial charge >= 0.3 is 0 Å². The van der Waals surface area contributed by atoms with Crippen LogP contribution < -0.4 is 5.30 Å². The van der Waals surface area contributed by atoms with Crippen LogP contribution in [0.15, 0.2) is 11.6 Å². The van der Waals surface area contributed by atoms with Crippen molar-refractivity contribution in [3.8, 4) is 0 Å². The van der Waals surface area contributed by atoms with E-state index in [1.807, 2.05) is 0 Å². The third kappa shape index (κ3) is 5.47. The Balaban J connectivity index is 2.80. The molecular formula is C9H20P7+. The minimum atomic E-state index is 0.0154. The first-order chi connectivity index (χ1) is 7.69. The van der Waals surface area contributed by atoms with E-state index >= 15 is 0 Å². The second kappa shape index (κ2) is 9.18. The first-order valence-electron chi connectivity index (χ1n) is 5.36. The highest BCUT2D eigenvalue weighted by Gasteiger charge is 2.14. The molecule has 6 unspecified atom stereocenters. The second-order valence-electron chi connectivity index (χ2n) is 3.62. The predicted molar refractivity (Wildman–Crippen MR) is 98.7 cm³/mol. The summed E-state index contributed by atoms with van der Waals surface area (Å²) in [5.74, 6) is 5.02. The Morgan fingerprint density at radius 3 is 2.88 bits per heavy atom. The van der Waals surface area contributed by atoms with E-state index in [0.29, 0.717) is 0 Å². The summed E-state index contributed by atoms with van der Waals surface area (Å²) in [5, 5.41) is 1.67. The Morgan fingerprint density at radius 1 is 1.50 bits per heavy atom. The van der Waals surface area contributed by atoms with Crippen LogP contribution in [0.5, 0.6) is 0 Å². The molecule has 0 aromatic carbocycles. The van der Waals surface area contributed by atoms with E-state index in [1.54, 1.807) is 10.9 Å². The molecule has 0 aliphatic rings. The third-order valence-electron chi connectivity index (χ3n) is 2.38. The zero-order chi connectivity index (χ0) is 12.0. The molecule has 7 heteroatoms. The molecule has 6 atom stereocenters. The molecule has 1 heterocycles. The van der Waals surface area contributed by atoms with Crippen molar-refractivity contribution in [3.05, 3.63) is 17.2 Å². The average molecular weight is 345 g/mol. The molecule has 0 saturated heterocycles. The monoisotopic (exact) mass is 345 g/mol. The van der Waals surface area contributed by atoms with E-state index in [1.165, 1.54) is 33.6 Å². The lowest BCUT2D eigenvalue weighted by Gasteiger charge is -2.12. The summed E-state index contributed by atoms with van der Waals surface area (Å²) in [7, 11) is 11.5. The molecule has 16 heavy (non-hydrogen) atoms. The number of hydrogen-bond donors (Lipinski definition) is 0. The van der Waals surface area contributed by atoms with Crippen LogP contribution in [-0.4, -0.2) is 0 Å². The first kappa shape index (κ1) is 16.3. The zero-order valence-electron chi connectivity index (χ0n) is 9.56. The average Bonchev–Trinajstić information content (AvgIpc) is 2.30. The molecule has 0 N–H and O–H groups in total. The number of unbranched alkanes of at least 4 members (excludes halogenated alkanes) is 2. The van der Waals surface area contributed by atoms with Gasteiger partial charge in [0.15, 0.2) is 14.8 Å². The van der Waals surface area contributed by atoms with Gasteiger partial charge in [-0.05, 0) is 25.7 Å². The lowest BCUT2D eigenvalue weighted by Crippen LogP contribution is -2.02. The number of aryl methyl sites for hydroxylation is 1. The quantitative estimate of drug-likeness (QED) is 0.426. The summed E-state index contributed by atoms with van der Waals surface area (Å²) in [6.45, 7) is 2.31. The van der Waals surface area contributed by atoms with Gasteiger partial charge in [-0.25, -0.2) is 0 Å². The van der Waals surface area contributed by atoms with E-state index in [2.05, 4.69) is 45.3 Å². The predicted octanol–water partition coefficient (Wildman–Crippen LogP) is 6.19. The molecule has 0 aliphatic heterocycles. The van der Waals surface area contributed by atoms with E-state index in [-0.39, 0.29) is 14.2 Å². The van der Waals surface area contributed by atoms with Crippen LogP contribution in [0.25, 0.3) is 0 Å². The lowest BCUT2D eigenvalue weighted by molar-refractivity contribution is 0.720. The second-order valence-corrected chi connectivity index (χ2v) is 19.3. The summed E-state index contributed by atoms with van der Waals surface area (Å²) < 4.78 is 0. The van der Waals surface area contributed by atoms with E-state index in [0.717, 1.165) is 7.96 Å². The molecule has 0 nitrogen and oxygen atoms in total. The van der Waals surface area contributed by atoms with E-state index in [9.17, 15) is 0 Å². The minimum Gasteiger partial charge on any atom is -0.109 e. The molecule has 0 radical (unpaired) electrons. The summed E-state index contributed by atoms with van der Waals surface area (Å²) >= 11 is 0. The normalized spacial score (nSPS) is 15.1. The van der Waals surface area contributed by atoms with Gasteiger partial charge in [-0.15, -0.1) is 17.9 Å². The van der Waals surface area contributed by atoms with Crippen LogP contribution in [0.3, 0.4) is 0 Å². The molecule has 0 amide bonds. The van der Waals surface area contributed by atoms with Crippen molar-refractivity contribution < 1.29 is 0 Å².